The van der Waals surface area contributed by atoms with Crippen molar-refractivity contribution >= 4 is 5.82 Å². The van der Waals surface area contributed by atoms with E-state index in [0.29, 0.717) is 22.5 Å². The Morgan fingerprint density at radius 2 is 1.89 bits per heavy atom. The number of rotatable bonds is 2. The van der Waals surface area contributed by atoms with Crippen LogP contribution >= 0.6 is 0 Å². The summed E-state index contributed by atoms with van der Waals surface area (Å²) in [6.07, 6.45) is 1.62. The molecule has 4 heteroatoms. The second-order valence-corrected chi connectivity index (χ2v) is 4.38. The fraction of sp³-hybridized carbons (Fsp3) is 0.214. The zero-order valence-electron chi connectivity index (χ0n) is 10.4. The van der Waals surface area contributed by atoms with Crippen LogP contribution in [0.15, 0.2) is 30.5 Å². The van der Waals surface area contributed by atoms with Crippen LogP contribution in [-0.4, -0.2) is 4.98 Å². The molecule has 2 rings (SSSR count). The maximum absolute atomic E-state index is 14.1. The number of hydrogen-bond acceptors (Lipinski definition) is 3. The molecule has 0 fully saturated rings. The van der Waals surface area contributed by atoms with Crippen molar-refractivity contribution < 1.29 is 4.39 Å². The molecule has 0 bridgehead atoms. The summed E-state index contributed by atoms with van der Waals surface area (Å²) in [5, 5.41) is 0. The Morgan fingerprint density at radius 3 is 2.56 bits per heavy atom. The molecule has 1 atom stereocenters. The fourth-order valence-electron chi connectivity index (χ4n) is 2.06. The highest BCUT2D eigenvalue weighted by Gasteiger charge is 2.19. The van der Waals surface area contributed by atoms with Gasteiger partial charge in [0.2, 0.25) is 0 Å². The highest BCUT2D eigenvalue weighted by atomic mass is 19.1. The molecule has 0 radical (unpaired) electrons. The molecule has 2 aromatic rings. The largest absolute Gasteiger partial charge is 0.383 e. The van der Waals surface area contributed by atoms with E-state index in [1.54, 1.807) is 31.3 Å². The molecular weight excluding hydrogens is 229 g/mol. The Hall–Kier alpha value is -1.94. The highest BCUT2D eigenvalue weighted by Crippen LogP contribution is 2.28. The lowest BCUT2D eigenvalue weighted by Gasteiger charge is -2.18. The third-order valence-corrected chi connectivity index (χ3v) is 3.11. The number of anilines is 1. The van der Waals surface area contributed by atoms with Gasteiger partial charge in [-0.15, -0.1) is 0 Å². The molecule has 0 aliphatic rings. The number of nitrogens with two attached hydrogens (primary N) is 2. The van der Waals surface area contributed by atoms with E-state index < -0.39 is 6.04 Å². The number of aryl methyl sites for hydroxylation is 2. The molecule has 1 aromatic carbocycles. The molecule has 18 heavy (non-hydrogen) atoms. The van der Waals surface area contributed by atoms with E-state index in [4.69, 9.17) is 11.5 Å². The van der Waals surface area contributed by atoms with Gasteiger partial charge in [-0.1, -0.05) is 18.2 Å². The molecule has 1 unspecified atom stereocenters. The van der Waals surface area contributed by atoms with Crippen LogP contribution in [0.25, 0.3) is 0 Å². The van der Waals surface area contributed by atoms with E-state index >= 15 is 0 Å². The third-order valence-electron chi connectivity index (χ3n) is 3.11. The van der Waals surface area contributed by atoms with Crippen LogP contribution in [0.3, 0.4) is 0 Å². The van der Waals surface area contributed by atoms with Crippen molar-refractivity contribution in [3.8, 4) is 0 Å². The van der Waals surface area contributed by atoms with E-state index in [9.17, 15) is 4.39 Å². The summed E-state index contributed by atoms with van der Waals surface area (Å²) in [5.74, 6) is 0.0658. The van der Waals surface area contributed by atoms with Crippen molar-refractivity contribution in [2.75, 3.05) is 5.73 Å². The predicted molar refractivity (Wildman–Crippen MR) is 70.6 cm³/mol. The Morgan fingerprint density at radius 1 is 1.17 bits per heavy atom. The van der Waals surface area contributed by atoms with Crippen LogP contribution in [0.1, 0.15) is 28.3 Å². The number of nitrogens with zero attached hydrogens (tertiary/aromatic N) is 1. The number of nitrogen functional groups attached to an aromatic ring is 1. The smallest absolute Gasteiger partial charge is 0.131 e. The summed E-state index contributed by atoms with van der Waals surface area (Å²) in [7, 11) is 0. The van der Waals surface area contributed by atoms with Crippen LogP contribution in [-0.2, 0) is 0 Å². The molecule has 4 N–H and O–H groups in total. The van der Waals surface area contributed by atoms with Gasteiger partial charge in [-0.05, 0) is 31.0 Å². The topological polar surface area (TPSA) is 64.9 Å². The van der Waals surface area contributed by atoms with E-state index in [-0.39, 0.29) is 5.82 Å². The molecule has 0 spiro atoms. The molecule has 0 aliphatic heterocycles. The first kappa shape index (κ1) is 12.5. The molecule has 0 aliphatic carbocycles. The van der Waals surface area contributed by atoms with Gasteiger partial charge >= 0.3 is 0 Å². The number of halogens is 1. The van der Waals surface area contributed by atoms with E-state index in [0.717, 1.165) is 5.56 Å². The van der Waals surface area contributed by atoms with Gasteiger partial charge in [0.05, 0.1) is 6.04 Å². The van der Waals surface area contributed by atoms with Gasteiger partial charge in [0.25, 0.3) is 0 Å². The second kappa shape index (κ2) is 4.74. The average molecular weight is 245 g/mol. The summed E-state index contributed by atoms with van der Waals surface area (Å²) < 4.78 is 14.1. The van der Waals surface area contributed by atoms with Crippen molar-refractivity contribution in [1.82, 2.24) is 4.98 Å². The van der Waals surface area contributed by atoms with E-state index in [1.165, 1.54) is 0 Å². The zero-order chi connectivity index (χ0) is 13.3. The monoisotopic (exact) mass is 245 g/mol. The van der Waals surface area contributed by atoms with Gasteiger partial charge in [-0.2, -0.15) is 0 Å². The van der Waals surface area contributed by atoms with Crippen LogP contribution in [0, 0.1) is 19.7 Å². The van der Waals surface area contributed by atoms with Crippen molar-refractivity contribution in [3.63, 3.8) is 0 Å². The van der Waals surface area contributed by atoms with Gasteiger partial charge in [0.1, 0.15) is 11.6 Å². The Labute approximate surface area is 106 Å². The Bertz CT molecular complexity index is 561. The number of aromatic nitrogens is 1. The first-order chi connectivity index (χ1) is 8.52. The van der Waals surface area contributed by atoms with Crippen molar-refractivity contribution in [3.05, 3.63) is 58.5 Å². The quantitative estimate of drug-likeness (QED) is 0.854. The van der Waals surface area contributed by atoms with Gasteiger partial charge in [0, 0.05) is 17.3 Å². The summed E-state index contributed by atoms with van der Waals surface area (Å²) in [5.41, 5.74) is 14.6. The first-order valence-electron chi connectivity index (χ1n) is 5.74. The standard InChI is InChI=1S/C14H16FN3/c1-8-6-7-18-14(17)11(8)13(16)10-5-3-4-9(2)12(10)15/h3-7,13H,16H2,1-2H3,(H2,17,18). The molecule has 0 amide bonds. The van der Waals surface area contributed by atoms with Gasteiger partial charge in [-0.3, -0.25) is 0 Å². The minimum absolute atomic E-state index is 0.285. The SMILES string of the molecule is Cc1cccc(C(N)c2c(C)ccnc2N)c1F. The minimum Gasteiger partial charge on any atom is -0.383 e. The molecule has 1 aromatic heterocycles. The van der Waals surface area contributed by atoms with Crippen LogP contribution in [0.5, 0.6) is 0 Å². The van der Waals surface area contributed by atoms with E-state index in [1.807, 2.05) is 13.0 Å². The third kappa shape index (κ3) is 2.07. The molecule has 0 saturated carbocycles. The zero-order valence-corrected chi connectivity index (χ0v) is 10.4. The Balaban J connectivity index is 2.55. The van der Waals surface area contributed by atoms with Crippen molar-refractivity contribution in [2.24, 2.45) is 5.73 Å². The lowest BCUT2D eigenvalue weighted by molar-refractivity contribution is 0.590. The first-order valence-corrected chi connectivity index (χ1v) is 5.74. The average Bonchev–Trinajstić information content (AvgIpc) is 2.32. The maximum Gasteiger partial charge on any atom is 0.131 e. The molecular formula is C14H16FN3. The van der Waals surface area contributed by atoms with Crippen LogP contribution in [0.2, 0.25) is 0 Å². The second-order valence-electron chi connectivity index (χ2n) is 4.38. The lowest BCUT2D eigenvalue weighted by Crippen LogP contribution is -2.18. The van der Waals surface area contributed by atoms with Crippen LogP contribution < -0.4 is 11.5 Å². The van der Waals surface area contributed by atoms with Crippen molar-refractivity contribution in [2.45, 2.75) is 19.9 Å². The fourth-order valence-corrected chi connectivity index (χ4v) is 2.06. The summed E-state index contributed by atoms with van der Waals surface area (Å²) in [4.78, 5) is 4.01. The highest BCUT2D eigenvalue weighted by molar-refractivity contribution is 5.50. The Kier molecular flexibility index (Phi) is 3.30. The summed E-state index contributed by atoms with van der Waals surface area (Å²) in [6, 6.07) is 6.40. The molecule has 1 heterocycles. The van der Waals surface area contributed by atoms with Gasteiger partial charge < -0.3 is 11.5 Å². The lowest BCUT2D eigenvalue weighted by atomic mass is 9.95. The van der Waals surface area contributed by atoms with Crippen molar-refractivity contribution in [1.29, 1.82) is 0 Å². The maximum atomic E-state index is 14.1. The van der Waals surface area contributed by atoms with E-state index in [2.05, 4.69) is 4.98 Å². The van der Waals surface area contributed by atoms with Gasteiger partial charge in [-0.25, -0.2) is 9.37 Å². The number of pyridine rings is 1. The summed E-state index contributed by atoms with van der Waals surface area (Å²) in [6.45, 7) is 3.60. The number of benzene rings is 1. The molecule has 3 nitrogen and oxygen atoms in total. The van der Waals surface area contributed by atoms with Gasteiger partial charge in [0.15, 0.2) is 0 Å². The number of hydrogen-bond donors (Lipinski definition) is 2. The summed E-state index contributed by atoms with van der Waals surface area (Å²) >= 11 is 0. The minimum atomic E-state index is -0.599. The van der Waals surface area contributed by atoms with Crippen LogP contribution in [0.4, 0.5) is 10.2 Å². The predicted octanol–water partition coefficient (Wildman–Crippen LogP) is 2.47. The normalized spacial score (nSPS) is 12.4. The molecule has 94 valence electrons. The molecule has 0 saturated heterocycles.